The van der Waals surface area contributed by atoms with E-state index < -0.39 is 11.5 Å². The van der Waals surface area contributed by atoms with Crippen LogP contribution < -0.4 is 0 Å². The molecule has 0 spiro atoms. The normalized spacial score (nSPS) is 22.7. The van der Waals surface area contributed by atoms with Gasteiger partial charge in [-0.05, 0) is 5.41 Å². The van der Waals surface area contributed by atoms with E-state index in [2.05, 4.69) is 0 Å². The molecule has 0 aromatic rings. The summed E-state index contributed by atoms with van der Waals surface area (Å²) in [5.41, 5.74) is 0. The molecule has 1 aliphatic rings. The first-order valence-corrected chi connectivity index (χ1v) is 3.43. The summed E-state index contributed by atoms with van der Waals surface area (Å²) in [5, 5.41) is 17.8. The minimum Gasteiger partial charge on any atom is -0.465 e. The van der Waals surface area contributed by atoms with Gasteiger partial charge in [-0.2, -0.15) is 5.26 Å². The number of carboxylic acid groups (broad SMARTS) is 1. The number of carbonyl (C=O) groups is 1. The molecule has 1 rings (SSSR count). The molecule has 0 aromatic carbocycles. The van der Waals surface area contributed by atoms with Gasteiger partial charge >= 0.3 is 6.09 Å². The Kier molecular flexibility index (Phi) is 1.83. The van der Waals surface area contributed by atoms with E-state index in [1.807, 2.05) is 6.07 Å². The Hall–Kier alpha value is -1.15. The van der Waals surface area contributed by atoms with E-state index in [9.17, 15) is 4.79 Å². The highest BCUT2D eigenvalue weighted by Gasteiger charge is 2.24. The number of rotatable bonds is 0. The van der Waals surface area contributed by atoms with Crippen LogP contribution in [-0.4, -0.2) is 21.5 Å². The first-order chi connectivity index (χ1) is 4.75. The fraction of sp³-hybridized carbons (Fsp3) is 0.200. The molecule has 0 saturated heterocycles. The van der Waals surface area contributed by atoms with Crippen LogP contribution in [0.15, 0.2) is 11.6 Å². The molecule has 1 aliphatic heterocycles. The minimum absolute atomic E-state index is 0.600. The lowest BCUT2D eigenvalue weighted by Gasteiger charge is -2.11. The van der Waals surface area contributed by atoms with Gasteiger partial charge in [0.2, 0.25) is 0 Å². The average Bonchev–Trinajstić information content (AvgIpc) is 2.33. The van der Waals surface area contributed by atoms with Crippen LogP contribution in [0.3, 0.4) is 0 Å². The number of nitrogens with zero attached hydrogens (tertiary/aromatic N) is 2. The molecule has 10 heavy (non-hydrogen) atoms. The van der Waals surface area contributed by atoms with Crippen LogP contribution in [0.4, 0.5) is 4.79 Å². The lowest BCUT2D eigenvalue weighted by atomic mass is 10.6. The first-order valence-electron chi connectivity index (χ1n) is 2.48. The van der Waals surface area contributed by atoms with Gasteiger partial charge in [-0.25, -0.2) is 4.79 Å². The molecule has 0 aliphatic carbocycles. The molecular weight excluding hydrogens is 152 g/mol. The van der Waals surface area contributed by atoms with E-state index in [0.717, 1.165) is 4.90 Å². The summed E-state index contributed by atoms with van der Waals surface area (Å²) in [4.78, 5) is 11.2. The topological polar surface area (TPSA) is 64.3 Å². The quantitative estimate of drug-likeness (QED) is 0.569. The molecule has 0 aromatic heterocycles. The van der Waals surface area contributed by atoms with E-state index in [4.69, 9.17) is 10.4 Å². The third-order valence-electron chi connectivity index (χ3n) is 1.01. The summed E-state index contributed by atoms with van der Waals surface area (Å²) in [7, 11) is 0. The zero-order chi connectivity index (χ0) is 7.56. The van der Waals surface area contributed by atoms with Crippen molar-refractivity contribution in [2.75, 3.05) is 0 Å². The molecule has 1 heterocycles. The molecule has 1 unspecified atom stereocenters. The van der Waals surface area contributed by atoms with Crippen molar-refractivity contribution in [3.8, 4) is 6.07 Å². The van der Waals surface area contributed by atoms with E-state index in [-0.39, 0.29) is 0 Å². The standard InChI is InChI=1S/C5H4N2O2S/c6-3-4-7(5(8)9)1-2-10-4/h1-2,4H,(H,8,9). The summed E-state index contributed by atoms with van der Waals surface area (Å²) in [6.07, 6.45) is 0.286. The maximum atomic E-state index is 10.3. The molecule has 1 amide bonds. The van der Waals surface area contributed by atoms with Crippen LogP contribution in [-0.2, 0) is 0 Å². The van der Waals surface area contributed by atoms with Crippen LogP contribution in [0, 0.1) is 11.3 Å². The maximum Gasteiger partial charge on any atom is 0.413 e. The van der Waals surface area contributed by atoms with Gasteiger partial charge in [0.25, 0.3) is 0 Å². The average molecular weight is 156 g/mol. The molecule has 0 saturated carbocycles. The van der Waals surface area contributed by atoms with Gasteiger partial charge in [0.05, 0.1) is 6.07 Å². The second kappa shape index (κ2) is 2.62. The predicted molar refractivity (Wildman–Crippen MR) is 36.0 cm³/mol. The zero-order valence-corrected chi connectivity index (χ0v) is 5.71. The third-order valence-corrected chi connectivity index (χ3v) is 1.88. The first kappa shape index (κ1) is 6.96. The van der Waals surface area contributed by atoms with Crippen LogP contribution in [0.1, 0.15) is 0 Å². The highest BCUT2D eigenvalue weighted by Crippen LogP contribution is 2.23. The van der Waals surface area contributed by atoms with Gasteiger partial charge in [-0.1, -0.05) is 11.8 Å². The maximum absolute atomic E-state index is 10.3. The summed E-state index contributed by atoms with van der Waals surface area (Å²) in [5.74, 6) is 0. The number of nitriles is 1. The van der Waals surface area contributed by atoms with Crippen molar-refractivity contribution in [1.29, 1.82) is 5.26 Å². The molecule has 5 heteroatoms. The van der Waals surface area contributed by atoms with Gasteiger partial charge in [0, 0.05) is 6.20 Å². The Balaban J connectivity index is 2.68. The Bertz CT molecular complexity index is 220. The monoisotopic (exact) mass is 156 g/mol. The number of amides is 1. The number of thioether (sulfide) groups is 1. The predicted octanol–water partition coefficient (Wildman–Crippen LogP) is 1.03. The van der Waals surface area contributed by atoms with Crippen molar-refractivity contribution in [1.82, 2.24) is 4.90 Å². The molecule has 4 nitrogen and oxygen atoms in total. The smallest absolute Gasteiger partial charge is 0.413 e. The SMILES string of the molecule is N#CC1SC=CN1C(=O)O. The molecule has 0 radical (unpaired) electrons. The van der Waals surface area contributed by atoms with Gasteiger partial charge in [0.1, 0.15) is 0 Å². The van der Waals surface area contributed by atoms with Crippen molar-refractivity contribution in [2.45, 2.75) is 5.37 Å². The van der Waals surface area contributed by atoms with Crippen molar-refractivity contribution in [3.63, 3.8) is 0 Å². The molecule has 1 atom stereocenters. The van der Waals surface area contributed by atoms with Crippen LogP contribution in [0.25, 0.3) is 0 Å². The van der Waals surface area contributed by atoms with Crippen molar-refractivity contribution < 1.29 is 9.90 Å². The molecule has 1 N–H and O–H groups in total. The zero-order valence-electron chi connectivity index (χ0n) is 4.89. The van der Waals surface area contributed by atoms with Crippen molar-refractivity contribution >= 4 is 17.9 Å². The highest BCUT2D eigenvalue weighted by atomic mass is 32.2. The fourth-order valence-corrected chi connectivity index (χ4v) is 1.28. The Labute approximate surface area is 61.7 Å². The van der Waals surface area contributed by atoms with Crippen LogP contribution in [0.5, 0.6) is 0 Å². The summed E-state index contributed by atoms with van der Waals surface area (Å²) in [6, 6.07) is 1.84. The lowest BCUT2D eigenvalue weighted by molar-refractivity contribution is 0.165. The Morgan fingerprint density at radius 3 is 3.00 bits per heavy atom. The van der Waals surface area contributed by atoms with Gasteiger partial charge in [-0.3, -0.25) is 4.90 Å². The highest BCUT2D eigenvalue weighted by molar-refractivity contribution is 8.03. The summed E-state index contributed by atoms with van der Waals surface area (Å²) >= 11 is 1.18. The molecule has 0 fully saturated rings. The third kappa shape index (κ3) is 1.06. The lowest BCUT2D eigenvalue weighted by Crippen LogP contribution is -2.28. The number of hydrogen-bond acceptors (Lipinski definition) is 3. The van der Waals surface area contributed by atoms with E-state index in [0.29, 0.717) is 0 Å². The largest absolute Gasteiger partial charge is 0.465 e. The van der Waals surface area contributed by atoms with Gasteiger partial charge in [-0.15, -0.1) is 0 Å². The van der Waals surface area contributed by atoms with Crippen molar-refractivity contribution in [2.24, 2.45) is 0 Å². The van der Waals surface area contributed by atoms with Crippen LogP contribution in [0.2, 0.25) is 0 Å². The fourth-order valence-electron chi connectivity index (χ4n) is 0.576. The van der Waals surface area contributed by atoms with Crippen LogP contribution >= 0.6 is 11.8 Å². The minimum atomic E-state index is -1.09. The summed E-state index contributed by atoms with van der Waals surface area (Å²) < 4.78 is 0. The van der Waals surface area contributed by atoms with Gasteiger partial charge < -0.3 is 5.11 Å². The van der Waals surface area contributed by atoms with E-state index in [1.165, 1.54) is 18.0 Å². The molecule has 0 bridgehead atoms. The van der Waals surface area contributed by atoms with Crippen molar-refractivity contribution in [3.05, 3.63) is 11.6 Å². The second-order valence-corrected chi connectivity index (χ2v) is 2.58. The van der Waals surface area contributed by atoms with Gasteiger partial charge in [0.15, 0.2) is 5.37 Å². The Morgan fingerprint density at radius 1 is 1.90 bits per heavy atom. The van der Waals surface area contributed by atoms with E-state index >= 15 is 0 Å². The van der Waals surface area contributed by atoms with E-state index in [1.54, 1.807) is 5.41 Å². The summed E-state index contributed by atoms with van der Waals surface area (Å²) in [6.45, 7) is 0. The Morgan fingerprint density at radius 2 is 2.60 bits per heavy atom. The number of hydrogen-bond donors (Lipinski definition) is 1. The molecular formula is C5H4N2O2S. The second-order valence-electron chi connectivity index (χ2n) is 1.59. The molecule has 52 valence electrons.